The minimum atomic E-state index is -0.556. The van der Waals surface area contributed by atoms with E-state index in [9.17, 15) is 8.78 Å². The van der Waals surface area contributed by atoms with Crippen LogP contribution in [0.5, 0.6) is 5.75 Å². The molecule has 100 valence electrons. The van der Waals surface area contributed by atoms with E-state index in [1.165, 1.54) is 18.2 Å². The van der Waals surface area contributed by atoms with E-state index < -0.39 is 11.6 Å². The lowest BCUT2D eigenvalue weighted by atomic mass is 10.1. The highest BCUT2D eigenvalue weighted by Crippen LogP contribution is 2.26. The standard InChI is InChI=1S/C15H15F2NO/c1-10-6-7-15(19-2)14(8-10)18-9-11-12(16)4-3-5-13(11)17/h3-8,18H,9H2,1-2H3. The Morgan fingerprint density at radius 3 is 2.42 bits per heavy atom. The van der Waals surface area contributed by atoms with E-state index in [2.05, 4.69) is 5.32 Å². The third-order valence-corrected chi connectivity index (χ3v) is 2.87. The number of hydrogen-bond acceptors (Lipinski definition) is 2. The zero-order valence-electron chi connectivity index (χ0n) is 10.8. The fourth-order valence-electron chi connectivity index (χ4n) is 1.84. The first-order valence-electron chi connectivity index (χ1n) is 5.93. The number of methoxy groups -OCH3 is 1. The molecule has 2 rings (SSSR count). The van der Waals surface area contributed by atoms with E-state index in [1.807, 2.05) is 25.1 Å². The van der Waals surface area contributed by atoms with E-state index in [0.29, 0.717) is 11.4 Å². The van der Waals surface area contributed by atoms with Crippen LogP contribution in [0.15, 0.2) is 36.4 Å². The minimum Gasteiger partial charge on any atom is -0.495 e. The summed E-state index contributed by atoms with van der Waals surface area (Å²) in [5, 5.41) is 3.00. The summed E-state index contributed by atoms with van der Waals surface area (Å²) in [6, 6.07) is 9.43. The van der Waals surface area contributed by atoms with Crippen LogP contribution < -0.4 is 10.1 Å². The molecule has 0 saturated carbocycles. The number of hydrogen-bond donors (Lipinski definition) is 1. The Bertz CT molecular complexity index is 564. The molecule has 19 heavy (non-hydrogen) atoms. The average molecular weight is 263 g/mol. The van der Waals surface area contributed by atoms with Crippen LogP contribution in [0.1, 0.15) is 11.1 Å². The highest BCUT2D eigenvalue weighted by atomic mass is 19.1. The Labute approximate surface area is 111 Å². The zero-order valence-corrected chi connectivity index (χ0v) is 10.8. The monoisotopic (exact) mass is 263 g/mol. The predicted octanol–water partition coefficient (Wildman–Crippen LogP) is 3.89. The van der Waals surface area contributed by atoms with Gasteiger partial charge in [0.2, 0.25) is 0 Å². The largest absolute Gasteiger partial charge is 0.495 e. The Hall–Kier alpha value is -2.10. The van der Waals surface area contributed by atoms with Gasteiger partial charge in [0.25, 0.3) is 0 Å². The van der Waals surface area contributed by atoms with Gasteiger partial charge in [0.15, 0.2) is 0 Å². The molecule has 4 heteroatoms. The molecule has 0 heterocycles. The number of ether oxygens (including phenoxy) is 1. The van der Waals surface area contributed by atoms with Crippen molar-refractivity contribution in [2.45, 2.75) is 13.5 Å². The summed E-state index contributed by atoms with van der Waals surface area (Å²) >= 11 is 0. The third kappa shape index (κ3) is 3.02. The van der Waals surface area contributed by atoms with Crippen molar-refractivity contribution in [2.24, 2.45) is 0 Å². The topological polar surface area (TPSA) is 21.3 Å². The molecule has 0 radical (unpaired) electrons. The SMILES string of the molecule is COc1ccc(C)cc1NCc1c(F)cccc1F. The molecule has 0 aromatic heterocycles. The molecule has 2 aromatic carbocycles. The number of rotatable bonds is 4. The highest BCUT2D eigenvalue weighted by Gasteiger charge is 2.09. The van der Waals surface area contributed by atoms with Crippen LogP contribution in [0.3, 0.4) is 0 Å². The average Bonchev–Trinajstić information content (AvgIpc) is 2.38. The van der Waals surface area contributed by atoms with Crippen molar-refractivity contribution in [3.05, 3.63) is 59.2 Å². The maximum atomic E-state index is 13.5. The molecule has 2 aromatic rings. The van der Waals surface area contributed by atoms with Crippen LogP contribution in [0, 0.1) is 18.6 Å². The minimum absolute atomic E-state index is 0.0195. The molecule has 0 fully saturated rings. The summed E-state index contributed by atoms with van der Waals surface area (Å²) in [5.74, 6) is -0.472. The van der Waals surface area contributed by atoms with Gasteiger partial charge in [-0.15, -0.1) is 0 Å². The molecule has 0 aliphatic rings. The number of anilines is 1. The van der Waals surface area contributed by atoms with Gasteiger partial charge in [0, 0.05) is 12.1 Å². The molecular formula is C15H15F2NO. The summed E-state index contributed by atoms with van der Waals surface area (Å²) in [6.45, 7) is 2.01. The van der Waals surface area contributed by atoms with Crippen molar-refractivity contribution in [1.29, 1.82) is 0 Å². The van der Waals surface area contributed by atoms with Crippen LogP contribution in [-0.4, -0.2) is 7.11 Å². The number of halogens is 2. The lowest BCUT2D eigenvalue weighted by molar-refractivity contribution is 0.416. The number of aryl methyl sites for hydroxylation is 1. The van der Waals surface area contributed by atoms with E-state index in [0.717, 1.165) is 5.56 Å². The molecule has 1 N–H and O–H groups in total. The van der Waals surface area contributed by atoms with Gasteiger partial charge in [-0.25, -0.2) is 8.78 Å². The molecule has 0 saturated heterocycles. The summed E-state index contributed by atoms with van der Waals surface area (Å²) in [4.78, 5) is 0. The van der Waals surface area contributed by atoms with Crippen molar-refractivity contribution in [3.8, 4) is 5.75 Å². The van der Waals surface area contributed by atoms with E-state index in [-0.39, 0.29) is 12.1 Å². The van der Waals surface area contributed by atoms with Crippen LogP contribution >= 0.6 is 0 Å². The van der Waals surface area contributed by atoms with Gasteiger partial charge >= 0.3 is 0 Å². The quantitative estimate of drug-likeness (QED) is 0.903. The smallest absolute Gasteiger partial charge is 0.141 e. The van der Waals surface area contributed by atoms with Gasteiger partial charge in [-0.1, -0.05) is 12.1 Å². The van der Waals surface area contributed by atoms with Crippen molar-refractivity contribution in [1.82, 2.24) is 0 Å². The molecule has 2 nitrogen and oxygen atoms in total. The molecule has 0 aliphatic carbocycles. The van der Waals surface area contributed by atoms with Crippen molar-refractivity contribution < 1.29 is 13.5 Å². The lowest BCUT2D eigenvalue weighted by Crippen LogP contribution is -2.05. The Morgan fingerprint density at radius 2 is 1.79 bits per heavy atom. The van der Waals surface area contributed by atoms with Gasteiger partial charge in [0.05, 0.1) is 12.8 Å². The van der Waals surface area contributed by atoms with E-state index >= 15 is 0 Å². The van der Waals surface area contributed by atoms with Crippen molar-refractivity contribution >= 4 is 5.69 Å². The first-order chi connectivity index (χ1) is 9.11. The molecule has 0 aliphatic heterocycles. The summed E-state index contributed by atoms with van der Waals surface area (Å²) in [7, 11) is 1.56. The second kappa shape index (κ2) is 5.69. The van der Waals surface area contributed by atoms with Crippen molar-refractivity contribution in [2.75, 3.05) is 12.4 Å². The van der Waals surface area contributed by atoms with Crippen LogP contribution in [-0.2, 0) is 6.54 Å². The van der Waals surface area contributed by atoms with Crippen LogP contribution in [0.4, 0.5) is 14.5 Å². The first kappa shape index (κ1) is 13.3. The van der Waals surface area contributed by atoms with Gasteiger partial charge < -0.3 is 10.1 Å². The molecule has 0 unspecified atom stereocenters. The highest BCUT2D eigenvalue weighted by molar-refractivity contribution is 5.58. The summed E-state index contributed by atoms with van der Waals surface area (Å²) < 4.78 is 32.2. The number of nitrogens with one attached hydrogen (secondary N) is 1. The third-order valence-electron chi connectivity index (χ3n) is 2.87. The summed E-state index contributed by atoms with van der Waals surface area (Å²) in [5.41, 5.74) is 1.77. The molecule has 0 atom stereocenters. The molecular weight excluding hydrogens is 248 g/mol. The predicted molar refractivity (Wildman–Crippen MR) is 71.4 cm³/mol. The van der Waals surface area contributed by atoms with Gasteiger partial charge in [-0.05, 0) is 36.8 Å². The number of benzene rings is 2. The first-order valence-corrected chi connectivity index (χ1v) is 5.93. The van der Waals surface area contributed by atoms with Gasteiger partial charge in [-0.3, -0.25) is 0 Å². The second-order valence-electron chi connectivity index (χ2n) is 4.26. The Balaban J connectivity index is 2.21. The fraction of sp³-hybridized carbons (Fsp3) is 0.200. The zero-order chi connectivity index (χ0) is 13.8. The van der Waals surface area contributed by atoms with Crippen molar-refractivity contribution in [3.63, 3.8) is 0 Å². The molecule has 0 bridgehead atoms. The van der Waals surface area contributed by atoms with Crippen LogP contribution in [0.25, 0.3) is 0 Å². The van der Waals surface area contributed by atoms with E-state index in [4.69, 9.17) is 4.74 Å². The fourth-order valence-corrected chi connectivity index (χ4v) is 1.84. The summed E-state index contributed by atoms with van der Waals surface area (Å²) in [6.07, 6.45) is 0. The van der Waals surface area contributed by atoms with E-state index in [1.54, 1.807) is 7.11 Å². The van der Waals surface area contributed by atoms with Crippen LogP contribution in [0.2, 0.25) is 0 Å². The Morgan fingerprint density at radius 1 is 1.11 bits per heavy atom. The second-order valence-corrected chi connectivity index (χ2v) is 4.26. The Kier molecular flexibility index (Phi) is 4.00. The maximum Gasteiger partial charge on any atom is 0.141 e. The van der Waals surface area contributed by atoms with Gasteiger partial charge in [0.1, 0.15) is 17.4 Å². The molecule has 0 amide bonds. The normalized spacial score (nSPS) is 10.3. The van der Waals surface area contributed by atoms with Gasteiger partial charge in [-0.2, -0.15) is 0 Å². The lowest BCUT2D eigenvalue weighted by Gasteiger charge is -2.12. The molecule has 0 spiro atoms. The maximum absolute atomic E-state index is 13.5.